The van der Waals surface area contributed by atoms with Crippen molar-refractivity contribution in [1.29, 1.82) is 0 Å². The lowest BCUT2D eigenvalue weighted by Gasteiger charge is -2.26. The van der Waals surface area contributed by atoms with Crippen LogP contribution in [0, 0.1) is 17.5 Å². The summed E-state index contributed by atoms with van der Waals surface area (Å²) in [6.45, 7) is 0.509. The molecule has 4 atom stereocenters. The molecule has 0 bridgehead atoms. The Bertz CT molecular complexity index is 1450. The Hall–Kier alpha value is -2.92. The normalized spacial score (nSPS) is 36.6. The van der Waals surface area contributed by atoms with Gasteiger partial charge in [-0.2, -0.15) is 4.98 Å². The van der Waals surface area contributed by atoms with E-state index in [9.17, 15) is 18.3 Å². The number of nitrogens with one attached hydrogen (secondary N) is 2. The van der Waals surface area contributed by atoms with E-state index in [1.165, 1.54) is 4.57 Å². The van der Waals surface area contributed by atoms with E-state index in [1.54, 1.807) is 0 Å². The van der Waals surface area contributed by atoms with Crippen LogP contribution in [0.5, 0.6) is 0 Å². The summed E-state index contributed by atoms with van der Waals surface area (Å²) in [6.07, 6.45) is -13.8. The van der Waals surface area contributed by atoms with Crippen LogP contribution in [0.4, 0.5) is 30.8 Å². The molecule has 32 heavy (non-hydrogen) atoms. The molecule has 3 aromatic rings. The number of benzene rings is 1. The van der Waals surface area contributed by atoms with E-state index >= 15 is 0 Å². The van der Waals surface area contributed by atoms with Crippen LogP contribution < -0.4 is 10.6 Å². The zero-order chi connectivity index (χ0) is 29.4. The summed E-state index contributed by atoms with van der Waals surface area (Å²) >= 11 is 0. The first kappa shape index (κ1) is 13.6. The van der Waals surface area contributed by atoms with E-state index in [0.717, 1.165) is 6.20 Å². The van der Waals surface area contributed by atoms with Crippen molar-refractivity contribution in [3.05, 3.63) is 35.8 Å². The molecule has 1 aromatic carbocycles. The average molecular weight is 456 g/mol. The number of hydrogen-bond acceptors (Lipinski definition) is 7. The number of ether oxygens (including phenoxy) is 1. The third-order valence-electron chi connectivity index (χ3n) is 4.95. The topological polar surface area (TPSA) is 97.1 Å². The molecule has 2 fully saturated rings. The molecule has 0 radical (unpaired) electrons. The second-order valence-corrected chi connectivity index (χ2v) is 7.14. The van der Waals surface area contributed by atoms with E-state index in [4.69, 9.17) is 15.7 Å². The molecule has 3 heterocycles. The van der Waals surface area contributed by atoms with Crippen molar-refractivity contribution in [2.75, 3.05) is 23.8 Å². The minimum atomic E-state index is -3.42. The summed E-state index contributed by atoms with van der Waals surface area (Å²) in [5.41, 5.74) is -0.525. The molecule has 11 heteroatoms. The van der Waals surface area contributed by atoms with E-state index in [2.05, 4.69) is 25.6 Å². The van der Waals surface area contributed by atoms with Gasteiger partial charge in [0.15, 0.2) is 17.3 Å². The van der Waals surface area contributed by atoms with Crippen LogP contribution in [0.25, 0.3) is 11.2 Å². The van der Waals surface area contributed by atoms with Gasteiger partial charge in [0.2, 0.25) is 11.9 Å². The van der Waals surface area contributed by atoms with Gasteiger partial charge < -0.3 is 20.5 Å². The second kappa shape index (κ2) is 8.55. The van der Waals surface area contributed by atoms with Gasteiger partial charge in [0.25, 0.3) is 0 Å². The fraction of sp³-hybridized carbons (Fsp3) is 0.476. The maximum absolute atomic E-state index is 14.4. The number of anilines is 3. The highest BCUT2D eigenvalue weighted by Gasteiger charge is 2.27. The number of halogens is 3. The maximum Gasteiger partial charge on any atom is 0.224 e. The number of hydrogen-bond donors (Lipinski definition) is 3. The smallest absolute Gasteiger partial charge is 0.224 e. The molecule has 8 nitrogen and oxygen atoms in total. The van der Waals surface area contributed by atoms with Gasteiger partial charge in [-0.1, -0.05) is 0 Å². The summed E-state index contributed by atoms with van der Waals surface area (Å²) < 4.78 is 114. The molecule has 1 saturated heterocycles. The lowest BCUT2D eigenvalue weighted by Crippen LogP contribution is -2.29. The van der Waals surface area contributed by atoms with Gasteiger partial charge in [-0.25, -0.2) is 23.1 Å². The van der Waals surface area contributed by atoms with Gasteiger partial charge in [-0.15, -0.1) is 0 Å². The van der Waals surface area contributed by atoms with Gasteiger partial charge in [-0.3, -0.25) is 4.57 Å². The largest absolute Gasteiger partial charge is 0.393 e. The maximum atomic E-state index is 14.4. The lowest BCUT2D eigenvalue weighted by atomic mass is 9.93. The Morgan fingerprint density at radius 2 is 2.00 bits per heavy atom. The quantitative estimate of drug-likeness (QED) is 0.539. The molecular weight excluding hydrogens is 425 g/mol. The van der Waals surface area contributed by atoms with Crippen molar-refractivity contribution in [2.24, 2.45) is 0 Å². The third kappa shape index (κ3) is 4.09. The molecule has 2 aromatic heterocycles. The minimum Gasteiger partial charge on any atom is -0.393 e. The van der Waals surface area contributed by atoms with Crippen molar-refractivity contribution in [3.63, 3.8) is 0 Å². The molecule has 1 saturated carbocycles. The summed E-state index contributed by atoms with van der Waals surface area (Å²) in [6, 6.07) is -1.60. The Morgan fingerprint density at radius 1 is 1.19 bits per heavy atom. The van der Waals surface area contributed by atoms with E-state index < -0.39 is 72.8 Å². The monoisotopic (exact) mass is 456 g/mol. The SMILES string of the molecule is [2H]C1C([2H])([2H])C(Nc2ncc3nc(Nc4c(F)cc(F)cc4F)n(C4CCOC4)c3n2)C([2H])([2H])C([2H])([2H])C1([2H])O. The first-order valence-electron chi connectivity index (χ1n) is 13.7. The summed E-state index contributed by atoms with van der Waals surface area (Å²) in [5.74, 6) is -4.07. The molecule has 3 N–H and O–H groups in total. The average Bonchev–Trinajstić information content (AvgIpc) is 3.50. The number of nitrogens with zero attached hydrogens (tertiary/aromatic N) is 4. The summed E-state index contributed by atoms with van der Waals surface area (Å²) in [4.78, 5) is 12.6. The Balaban J connectivity index is 1.58. The Morgan fingerprint density at radius 3 is 2.75 bits per heavy atom. The van der Waals surface area contributed by atoms with Crippen molar-refractivity contribution in [3.8, 4) is 0 Å². The van der Waals surface area contributed by atoms with Gasteiger partial charge in [0.1, 0.15) is 17.0 Å². The molecule has 0 spiro atoms. The molecule has 4 unspecified atom stereocenters. The number of rotatable bonds is 5. The highest BCUT2D eigenvalue weighted by atomic mass is 19.1. The Labute approximate surface area is 193 Å². The first-order chi connectivity index (χ1) is 18.5. The van der Waals surface area contributed by atoms with E-state index in [1.807, 2.05) is 0 Å². The predicted molar refractivity (Wildman–Crippen MR) is 111 cm³/mol. The van der Waals surface area contributed by atoms with Crippen molar-refractivity contribution < 1.29 is 34.0 Å². The van der Waals surface area contributed by atoms with Crippen molar-refractivity contribution in [2.45, 2.75) is 50.1 Å². The lowest BCUT2D eigenvalue weighted by molar-refractivity contribution is 0.126. The summed E-state index contributed by atoms with van der Waals surface area (Å²) in [7, 11) is 0. The third-order valence-corrected chi connectivity index (χ3v) is 4.95. The number of imidazole rings is 1. The van der Waals surface area contributed by atoms with Crippen LogP contribution in [-0.4, -0.2) is 50.0 Å². The standard InChI is InChI=1S/C21H23F3N6O2/c22-11-7-15(23)18(16(24)8-11)28-21-27-17-9-25-20(26-12-1-3-14(31)4-2-12)29-19(17)30(21)13-5-6-32-10-13/h7-9,12-14,31H,1-6,10H2,(H,27,28)(H,25,26,29)/i1D2,2D2,3D,4D2,14D. The van der Waals surface area contributed by atoms with Crippen molar-refractivity contribution >= 4 is 28.7 Å². The Kier molecular flexibility index (Phi) is 3.63. The zero-order valence-electron chi connectivity index (χ0n) is 24.4. The first-order valence-corrected chi connectivity index (χ1v) is 9.65. The number of aromatic nitrogens is 4. The van der Waals surface area contributed by atoms with Crippen LogP contribution in [0.15, 0.2) is 18.3 Å². The van der Waals surface area contributed by atoms with Crippen LogP contribution >= 0.6 is 0 Å². The zero-order valence-corrected chi connectivity index (χ0v) is 16.4. The van der Waals surface area contributed by atoms with Gasteiger partial charge in [0.05, 0.1) is 26.3 Å². The second-order valence-electron chi connectivity index (χ2n) is 7.14. The molecular formula is C21H23F3N6O2. The molecule has 5 rings (SSSR count). The number of aliphatic hydroxyl groups is 1. The molecule has 170 valence electrons. The van der Waals surface area contributed by atoms with Gasteiger partial charge >= 0.3 is 0 Å². The van der Waals surface area contributed by atoms with Crippen LogP contribution in [-0.2, 0) is 4.74 Å². The van der Waals surface area contributed by atoms with Gasteiger partial charge in [0, 0.05) is 34.4 Å². The highest BCUT2D eigenvalue weighted by Crippen LogP contribution is 2.32. The summed E-state index contributed by atoms with van der Waals surface area (Å²) in [5, 5.41) is 15.2. The minimum absolute atomic E-state index is 0.0535. The van der Waals surface area contributed by atoms with Crippen LogP contribution in [0.1, 0.15) is 48.9 Å². The fourth-order valence-corrected chi connectivity index (χ4v) is 3.49. The van der Waals surface area contributed by atoms with Crippen molar-refractivity contribution in [1.82, 2.24) is 19.5 Å². The molecule has 2 aliphatic rings. The van der Waals surface area contributed by atoms with Gasteiger partial charge in [-0.05, 0) is 31.9 Å². The molecule has 0 amide bonds. The fourth-order valence-electron chi connectivity index (χ4n) is 3.49. The number of fused-ring (bicyclic) bond motifs is 1. The predicted octanol–water partition coefficient (Wildman–Crippen LogP) is 3.66. The van der Waals surface area contributed by atoms with Crippen LogP contribution in [0.3, 0.4) is 0 Å². The van der Waals surface area contributed by atoms with E-state index in [-0.39, 0.29) is 23.7 Å². The van der Waals surface area contributed by atoms with E-state index in [0.29, 0.717) is 25.2 Å². The molecule has 1 aliphatic heterocycles. The highest BCUT2D eigenvalue weighted by molar-refractivity contribution is 5.76. The van der Waals surface area contributed by atoms with Crippen LogP contribution in [0.2, 0.25) is 0 Å². The molecule has 1 aliphatic carbocycles.